The van der Waals surface area contributed by atoms with Gasteiger partial charge in [0.1, 0.15) is 0 Å². The summed E-state index contributed by atoms with van der Waals surface area (Å²) >= 11 is 0. The lowest BCUT2D eigenvalue weighted by molar-refractivity contribution is -0.0454. The summed E-state index contributed by atoms with van der Waals surface area (Å²) in [4.78, 5) is 0. The smallest absolute Gasteiger partial charge is 0.0880 e. The fraction of sp³-hybridized carbons (Fsp3) is 1.00. The van der Waals surface area contributed by atoms with Crippen LogP contribution in [-0.2, 0) is 0 Å². The van der Waals surface area contributed by atoms with E-state index in [1.807, 2.05) is 0 Å². The van der Waals surface area contributed by atoms with E-state index in [1.54, 1.807) is 0 Å². The van der Waals surface area contributed by atoms with Crippen LogP contribution in [0, 0.1) is 17.3 Å². The van der Waals surface area contributed by atoms with E-state index in [1.165, 1.54) is 0 Å². The van der Waals surface area contributed by atoms with Crippen LogP contribution in [-0.4, -0.2) is 22.4 Å². The third-order valence-corrected chi connectivity index (χ3v) is 4.10. The summed E-state index contributed by atoms with van der Waals surface area (Å²) in [6.07, 6.45) is 2.68. The van der Waals surface area contributed by atoms with E-state index >= 15 is 0 Å². The molecular weight excluding hydrogens is 152 g/mol. The van der Waals surface area contributed by atoms with Crippen LogP contribution in [0.25, 0.3) is 0 Å². The lowest BCUT2D eigenvalue weighted by atomic mass is 9.86. The van der Waals surface area contributed by atoms with E-state index in [9.17, 15) is 5.11 Å². The minimum absolute atomic E-state index is 0.0632. The zero-order valence-electron chi connectivity index (χ0n) is 7.88. The fourth-order valence-electron chi connectivity index (χ4n) is 2.92. The Labute approximate surface area is 73.6 Å². The molecule has 2 N–H and O–H groups in total. The first kappa shape index (κ1) is 8.52. The van der Waals surface area contributed by atoms with E-state index in [4.69, 9.17) is 5.11 Å². The van der Waals surface area contributed by atoms with Crippen LogP contribution in [0.15, 0.2) is 0 Å². The van der Waals surface area contributed by atoms with E-state index in [0.29, 0.717) is 11.3 Å². The van der Waals surface area contributed by atoms with Crippen LogP contribution in [0.3, 0.4) is 0 Å². The van der Waals surface area contributed by atoms with Gasteiger partial charge in [-0.1, -0.05) is 13.8 Å². The van der Waals surface area contributed by atoms with Gasteiger partial charge in [-0.05, 0) is 36.5 Å². The summed E-state index contributed by atoms with van der Waals surface area (Å²) in [6, 6.07) is 0. The quantitative estimate of drug-likeness (QED) is 0.620. The number of hydrogen-bond donors (Lipinski definition) is 2. The van der Waals surface area contributed by atoms with Crippen LogP contribution in [0.2, 0.25) is 0 Å². The Hall–Kier alpha value is -0.0800. The molecule has 2 fully saturated rings. The van der Waals surface area contributed by atoms with Crippen molar-refractivity contribution < 1.29 is 10.2 Å². The Balaban J connectivity index is 2.05. The number of fused-ring (bicyclic) bond motifs is 1. The maximum absolute atomic E-state index is 9.86. The first-order valence-electron chi connectivity index (χ1n) is 4.83. The van der Waals surface area contributed by atoms with Crippen LogP contribution in [0.4, 0.5) is 0 Å². The predicted molar refractivity (Wildman–Crippen MR) is 46.6 cm³/mol. The summed E-state index contributed by atoms with van der Waals surface area (Å²) in [7, 11) is 0. The van der Waals surface area contributed by atoms with Gasteiger partial charge in [0.25, 0.3) is 0 Å². The molecule has 2 heteroatoms. The SMILES string of the molecule is CC1(C)[C@@H]2CC[C@](O)(CO)C[C@@H]21. The summed E-state index contributed by atoms with van der Waals surface area (Å²) < 4.78 is 0. The van der Waals surface area contributed by atoms with Crippen molar-refractivity contribution >= 4 is 0 Å². The highest BCUT2D eigenvalue weighted by Gasteiger charge is 2.61. The minimum Gasteiger partial charge on any atom is -0.393 e. The number of rotatable bonds is 1. The monoisotopic (exact) mass is 170 g/mol. The summed E-state index contributed by atoms with van der Waals surface area (Å²) in [5.41, 5.74) is -0.325. The second kappa shape index (κ2) is 2.24. The topological polar surface area (TPSA) is 40.5 Å². The van der Waals surface area contributed by atoms with Gasteiger partial charge in [-0.3, -0.25) is 0 Å². The highest BCUT2D eigenvalue weighted by atomic mass is 16.3. The molecule has 2 nitrogen and oxygen atoms in total. The van der Waals surface area contributed by atoms with Crippen LogP contribution in [0.1, 0.15) is 33.1 Å². The van der Waals surface area contributed by atoms with Gasteiger partial charge in [-0.2, -0.15) is 0 Å². The van der Waals surface area contributed by atoms with Crippen molar-refractivity contribution in [3.63, 3.8) is 0 Å². The van der Waals surface area contributed by atoms with Gasteiger partial charge in [0.05, 0.1) is 12.2 Å². The van der Waals surface area contributed by atoms with Gasteiger partial charge in [-0.15, -0.1) is 0 Å². The van der Waals surface area contributed by atoms with Gasteiger partial charge in [-0.25, -0.2) is 0 Å². The van der Waals surface area contributed by atoms with E-state index in [0.717, 1.165) is 25.2 Å². The van der Waals surface area contributed by atoms with Crippen molar-refractivity contribution in [1.29, 1.82) is 0 Å². The fourth-order valence-corrected chi connectivity index (χ4v) is 2.92. The Morgan fingerprint density at radius 1 is 1.33 bits per heavy atom. The molecule has 0 bridgehead atoms. The molecule has 2 aliphatic carbocycles. The molecule has 0 aromatic rings. The predicted octanol–water partition coefficient (Wildman–Crippen LogP) is 1.17. The van der Waals surface area contributed by atoms with E-state index < -0.39 is 5.60 Å². The molecule has 0 saturated heterocycles. The van der Waals surface area contributed by atoms with Crippen molar-refractivity contribution in [3.05, 3.63) is 0 Å². The molecule has 2 aliphatic rings. The average molecular weight is 170 g/mol. The van der Waals surface area contributed by atoms with E-state index in [2.05, 4.69) is 13.8 Å². The van der Waals surface area contributed by atoms with Crippen molar-refractivity contribution in [2.45, 2.75) is 38.7 Å². The Bertz CT molecular complexity index is 200. The van der Waals surface area contributed by atoms with E-state index in [-0.39, 0.29) is 6.61 Å². The Kier molecular flexibility index (Phi) is 1.59. The Morgan fingerprint density at radius 2 is 2.00 bits per heavy atom. The lowest BCUT2D eigenvalue weighted by Crippen LogP contribution is -2.36. The zero-order chi connectivity index (χ0) is 8.98. The molecule has 0 heterocycles. The molecule has 70 valence electrons. The molecule has 12 heavy (non-hydrogen) atoms. The van der Waals surface area contributed by atoms with Crippen molar-refractivity contribution in [3.8, 4) is 0 Å². The summed E-state index contributed by atoms with van der Waals surface area (Å²) in [5, 5.41) is 18.9. The molecule has 0 unspecified atom stereocenters. The van der Waals surface area contributed by atoms with Crippen molar-refractivity contribution in [1.82, 2.24) is 0 Å². The number of aliphatic hydroxyl groups is 2. The normalized spacial score (nSPS) is 50.0. The molecule has 2 saturated carbocycles. The molecule has 0 amide bonds. The molecule has 0 spiro atoms. The summed E-state index contributed by atoms with van der Waals surface area (Å²) in [6.45, 7) is 4.48. The van der Waals surface area contributed by atoms with Crippen LogP contribution < -0.4 is 0 Å². The lowest BCUT2D eigenvalue weighted by Gasteiger charge is -2.29. The largest absolute Gasteiger partial charge is 0.393 e. The third-order valence-electron chi connectivity index (χ3n) is 4.10. The molecule has 0 aliphatic heterocycles. The first-order chi connectivity index (χ1) is 5.49. The minimum atomic E-state index is -0.755. The number of hydrogen-bond acceptors (Lipinski definition) is 2. The molecule has 3 atom stereocenters. The standard InChI is InChI=1S/C10H18O2/c1-9(2)7-3-4-10(12,6-11)5-8(7)9/h7-8,11-12H,3-6H2,1-2H3/t7-,8+,10-/m1/s1. The highest BCUT2D eigenvalue weighted by Crippen LogP contribution is 2.66. The first-order valence-corrected chi connectivity index (χ1v) is 4.83. The van der Waals surface area contributed by atoms with Crippen LogP contribution >= 0.6 is 0 Å². The van der Waals surface area contributed by atoms with Crippen LogP contribution in [0.5, 0.6) is 0 Å². The maximum atomic E-state index is 9.86. The average Bonchev–Trinajstić information content (AvgIpc) is 2.54. The molecule has 0 aromatic carbocycles. The van der Waals surface area contributed by atoms with Crippen molar-refractivity contribution in [2.24, 2.45) is 17.3 Å². The number of aliphatic hydroxyl groups excluding tert-OH is 1. The zero-order valence-corrected chi connectivity index (χ0v) is 7.88. The molecule has 0 aromatic heterocycles. The van der Waals surface area contributed by atoms with Crippen molar-refractivity contribution in [2.75, 3.05) is 6.61 Å². The molecule has 2 rings (SSSR count). The van der Waals surface area contributed by atoms with Gasteiger partial charge >= 0.3 is 0 Å². The molecule has 0 radical (unpaired) electrons. The Morgan fingerprint density at radius 3 is 2.50 bits per heavy atom. The van der Waals surface area contributed by atoms with Gasteiger partial charge in [0.15, 0.2) is 0 Å². The second-order valence-electron chi connectivity index (χ2n) is 5.16. The molecular formula is C10H18O2. The van der Waals surface area contributed by atoms with Gasteiger partial charge in [0.2, 0.25) is 0 Å². The summed E-state index contributed by atoms with van der Waals surface area (Å²) in [5.74, 6) is 1.47. The third kappa shape index (κ3) is 1.01. The maximum Gasteiger partial charge on any atom is 0.0880 e. The van der Waals surface area contributed by atoms with Gasteiger partial charge in [0, 0.05) is 0 Å². The highest BCUT2D eigenvalue weighted by molar-refractivity contribution is 5.10. The second-order valence-corrected chi connectivity index (χ2v) is 5.16. The van der Waals surface area contributed by atoms with Gasteiger partial charge < -0.3 is 10.2 Å².